The first-order valence-electron chi connectivity index (χ1n) is 16.4. The Balaban J connectivity index is 0.000000785. The van der Waals surface area contributed by atoms with Gasteiger partial charge in [-0.15, -0.1) is 0 Å². The van der Waals surface area contributed by atoms with E-state index in [1.54, 1.807) is 0 Å². The summed E-state index contributed by atoms with van der Waals surface area (Å²) in [6, 6.07) is 21.5. The molecule has 0 unspecified atom stereocenters. The molecule has 47 heavy (non-hydrogen) atoms. The van der Waals surface area contributed by atoms with Crippen LogP contribution in [-0.2, 0) is 35.4 Å². The van der Waals surface area contributed by atoms with E-state index in [1.807, 2.05) is 30.7 Å². The minimum absolute atomic E-state index is 0. The third-order valence-electron chi connectivity index (χ3n) is 10.4. The van der Waals surface area contributed by atoms with Crippen LogP contribution in [-0.4, -0.2) is 44.7 Å². The normalized spacial score (nSPS) is 23.7. The maximum atomic E-state index is 6.85. The monoisotopic (exact) mass is 695 g/mol. The predicted octanol–water partition coefficient (Wildman–Crippen LogP) is 10.0. The molecule has 2 saturated heterocycles. The molecule has 0 aromatic heterocycles. The topological polar surface area (TPSA) is 36.9 Å². The first-order valence-corrected chi connectivity index (χ1v) is 20.0. The summed E-state index contributed by atoms with van der Waals surface area (Å²) in [7, 11) is -2.76. The molecular weight excluding hydrogens is 641 g/mol. The van der Waals surface area contributed by atoms with Crippen molar-refractivity contribution in [3.63, 3.8) is 0 Å². The average molecular weight is 696 g/mol. The Hall–Kier alpha value is -1.91. The molecule has 2 heterocycles. The van der Waals surface area contributed by atoms with Gasteiger partial charge in [-0.25, -0.2) is 0 Å². The Labute approximate surface area is 298 Å². The van der Waals surface area contributed by atoms with Gasteiger partial charge in [-0.05, 0) is 101 Å². The molecule has 6 rings (SSSR count). The molecule has 0 saturated carbocycles. The molecule has 2 aromatic carbocycles. The number of hydrogen-bond acceptors (Lipinski definition) is 4. The number of rotatable bonds is 5. The standard InChI is InChI=1S/C33H46B2O4Si.C5H5.CH3.Co/c1-30(2)31(3,4)37-34(36-30)28-25(23-18-14-12-15-19-23)22-26(40(9,10)11)29(27(28)24-20-16-13-17-21-24)35-38-32(5,6)33(7,8)39-35;1-2-4-5-3-1;;/h12-21,26H,22H2,1-11H3;1-5H;1H3;/q;;-1;/t26-;;;/m0.../s1. The molecule has 2 radical (unpaired) electrons. The van der Waals surface area contributed by atoms with Crippen molar-refractivity contribution >= 4 is 33.5 Å². The van der Waals surface area contributed by atoms with Crippen LogP contribution in [0.2, 0.25) is 25.2 Å². The molecule has 2 aromatic rings. The third-order valence-corrected chi connectivity index (χ3v) is 13.1. The summed E-state index contributed by atoms with van der Waals surface area (Å²) >= 11 is 0. The van der Waals surface area contributed by atoms with Gasteiger partial charge in [-0.3, -0.25) is 0 Å². The summed E-state index contributed by atoms with van der Waals surface area (Å²) < 4.78 is 27.4. The molecule has 4 aliphatic rings. The van der Waals surface area contributed by atoms with Crippen molar-refractivity contribution in [1.82, 2.24) is 0 Å². The molecule has 2 aliphatic carbocycles. The van der Waals surface area contributed by atoms with Crippen molar-refractivity contribution < 1.29 is 35.4 Å². The Morgan fingerprint density at radius 3 is 1.38 bits per heavy atom. The van der Waals surface area contributed by atoms with Crippen LogP contribution >= 0.6 is 0 Å². The van der Waals surface area contributed by atoms with Crippen molar-refractivity contribution in [3.8, 4) is 0 Å². The Bertz CT molecular complexity index is 1460. The van der Waals surface area contributed by atoms with E-state index in [0.29, 0.717) is 5.54 Å². The molecule has 254 valence electrons. The first-order chi connectivity index (χ1) is 21.0. The summed E-state index contributed by atoms with van der Waals surface area (Å²) in [5, 5.41) is 0. The van der Waals surface area contributed by atoms with Gasteiger partial charge in [-0.2, -0.15) is 0 Å². The van der Waals surface area contributed by atoms with E-state index in [1.165, 1.54) is 16.6 Å². The van der Waals surface area contributed by atoms with Gasteiger partial charge in [0, 0.05) is 23.2 Å². The molecule has 0 amide bonds. The van der Waals surface area contributed by atoms with Gasteiger partial charge >= 0.3 is 14.2 Å². The molecule has 0 spiro atoms. The van der Waals surface area contributed by atoms with Crippen LogP contribution < -0.4 is 0 Å². The predicted molar refractivity (Wildman–Crippen MR) is 200 cm³/mol. The number of hydrogen-bond donors (Lipinski definition) is 0. The Kier molecular flexibility index (Phi) is 12.2. The maximum absolute atomic E-state index is 6.85. The van der Waals surface area contributed by atoms with E-state index in [2.05, 4.69) is 136 Å². The molecule has 1 atom stereocenters. The Morgan fingerprint density at radius 1 is 0.596 bits per heavy atom. The van der Waals surface area contributed by atoms with Gasteiger partial charge in [0.25, 0.3) is 0 Å². The van der Waals surface area contributed by atoms with Crippen molar-refractivity contribution in [2.24, 2.45) is 0 Å². The summed E-state index contributed by atoms with van der Waals surface area (Å²) in [5.41, 5.74) is 5.67. The van der Waals surface area contributed by atoms with Crippen LogP contribution in [0.1, 0.15) is 72.9 Å². The fourth-order valence-electron chi connectivity index (χ4n) is 6.31. The zero-order valence-electron chi connectivity index (χ0n) is 30.6. The van der Waals surface area contributed by atoms with Crippen LogP contribution in [0.25, 0.3) is 11.1 Å². The van der Waals surface area contributed by atoms with Gasteiger partial charge in [0.15, 0.2) is 0 Å². The van der Waals surface area contributed by atoms with Crippen LogP contribution in [0.5, 0.6) is 0 Å². The van der Waals surface area contributed by atoms with E-state index in [0.717, 1.165) is 23.0 Å². The molecule has 0 N–H and O–H groups in total. The maximum Gasteiger partial charge on any atom is 0.495 e. The second-order valence-electron chi connectivity index (χ2n) is 15.7. The molecule has 0 bridgehead atoms. The van der Waals surface area contributed by atoms with Crippen LogP contribution in [0.3, 0.4) is 0 Å². The fraction of sp³-hybridized carbons (Fsp3) is 0.436. The van der Waals surface area contributed by atoms with Gasteiger partial charge in [0.2, 0.25) is 0 Å². The van der Waals surface area contributed by atoms with E-state index >= 15 is 0 Å². The summed E-state index contributed by atoms with van der Waals surface area (Å²) in [6.45, 7) is 24.5. The number of allylic oxidation sites excluding steroid dienone is 8. The fourth-order valence-corrected chi connectivity index (χ4v) is 8.34. The minimum Gasteiger partial charge on any atom is -0.400 e. The summed E-state index contributed by atoms with van der Waals surface area (Å²) in [6.07, 6.45) is 10.9. The van der Waals surface area contributed by atoms with Crippen LogP contribution in [0.15, 0.2) is 95.9 Å². The largest absolute Gasteiger partial charge is 0.495 e. The summed E-state index contributed by atoms with van der Waals surface area (Å²) in [5.74, 6) is 0. The van der Waals surface area contributed by atoms with Crippen molar-refractivity contribution in [2.75, 3.05) is 0 Å². The second kappa shape index (κ2) is 14.5. The van der Waals surface area contributed by atoms with Crippen molar-refractivity contribution in [2.45, 2.75) is 109 Å². The zero-order valence-corrected chi connectivity index (χ0v) is 32.6. The summed E-state index contributed by atoms with van der Waals surface area (Å²) in [4.78, 5) is 0. The third kappa shape index (κ3) is 7.96. The SMILES string of the molecule is CC1(C)OB(C2=C(c3ccccc3)C[C@H]([Si](C)(C)C)C(B3OC(C)(C)C(C)(C)O3)=C2c2ccccc2)OC1(C)C.[CH3-].[CH]1C=CC=C1.[Co]. The quantitative estimate of drug-likeness (QED) is 0.231. The Morgan fingerprint density at radius 2 is 1.00 bits per heavy atom. The second-order valence-corrected chi connectivity index (χ2v) is 21.1. The first kappa shape index (κ1) is 39.5. The smallest absolute Gasteiger partial charge is 0.400 e. The average Bonchev–Trinajstić information content (AvgIpc) is 3.66. The van der Waals surface area contributed by atoms with Crippen molar-refractivity contribution in [3.05, 3.63) is 121 Å². The molecule has 2 fully saturated rings. The number of benzene rings is 2. The van der Waals surface area contributed by atoms with Crippen LogP contribution in [0, 0.1) is 13.8 Å². The van der Waals surface area contributed by atoms with E-state index < -0.39 is 44.7 Å². The molecule has 4 nitrogen and oxygen atoms in total. The zero-order chi connectivity index (χ0) is 32.8. The minimum atomic E-state index is -1.79. The molecular formula is C39H54B2CoO4Si-. The van der Waals surface area contributed by atoms with Gasteiger partial charge in [-0.1, -0.05) is 105 Å². The van der Waals surface area contributed by atoms with Crippen molar-refractivity contribution in [1.29, 1.82) is 0 Å². The van der Waals surface area contributed by atoms with Gasteiger partial charge in [0.1, 0.15) is 0 Å². The van der Waals surface area contributed by atoms with Crippen LogP contribution in [0.4, 0.5) is 0 Å². The van der Waals surface area contributed by atoms with E-state index in [4.69, 9.17) is 18.6 Å². The molecule has 8 heteroatoms. The van der Waals surface area contributed by atoms with E-state index in [-0.39, 0.29) is 24.2 Å². The molecule has 2 aliphatic heterocycles. The van der Waals surface area contributed by atoms with Gasteiger partial charge < -0.3 is 26.0 Å². The van der Waals surface area contributed by atoms with E-state index in [9.17, 15) is 0 Å². The van der Waals surface area contributed by atoms with Gasteiger partial charge in [0.05, 0.1) is 30.5 Å².